The molecule has 0 aliphatic heterocycles. The highest BCUT2D eigenvalue weighted by atomic mass is 15.1. The molecule has 0 saturated heterocycles. The fourth-order valence-electron chi connectivity index (χ4n) is 2.79. The van der Waals surface area contributed by atoms with Gasteiger partial charge in [0.1, 0.15) is 0 Å². The molecule has 2 rings (SSSR count). The van der Waals surface area contributed by atoms with E-state index in [1.54, 1.807) is 0 Å². The second kappa shape index (κ2) is 7.54. The van der Waals surface area contributed by atoms with Crippen LogP contribution < -0.4 is 10.2 Å². The normalized spacial score (nSPS) is 16.9. The van der Waals surface area contributed by atoms with Crippen molar-refractivity contribution in [1.82, 2.24) is 5.32 Å². The quantitative estimate of drug-likeness (QED) is 0.717. The van der Waals surface area contributed by atoms with Crippen LogP contribution in [0.1, 0.15) is 39.0 Å². The van der Waals surface area contributed by atoms with Crippen LogP contribution in [-0.2, 0) is 0 Å². The highest BCUT2D eigenvalue weighted by Crippen LogP contribution is 2.30. The topological polar surface area (TPSA) is 15.3 Å². The van der Waals surface area contributed by atoms with Crippen LogP contribution in [0, 0.1) is 5.92 Å². The van der Waals surface area contributed by atoms with Crippen molar-refractivity contribution in [3.8, 4) is 0 Å². The summed E-state index contributed by atoms with van der Waals surface area (Å²) in [4.78, 5) is 2.33. The van der Waals surface area contributed by atoms with Gasteiger partial charge in [-0.3, -0.25) is 0 Å². The molecule has 0 aromatic heterocycles. The summed E-state index contributed by atoms with van der Waals surface area (Å²) in [6.07, 6.45) is 6.96. The molecule has 2 heteroatoms. The van der Waals surface area contributed by atoms with E-state index in [1.165, 1.54) is 37.8 Å². The van der Waals surface area contributed by atoms with E-state index >= 15 is 0 Å². The summed E-state index contributed by atoms with van der Waals surface area (Å²) in [5.41, 5.74) is 1.31. The number of anilines is 1. The van der Waals surface area contributed by atoms with Crippen LogP contribution in [0.3, 0.4) is 0 Å². The Labute approximate surface area is 118 Å². The average molecular weight is 260 g/mol. The van der Waals surface area contributed by atoms with Crippen molar-refractivity contribution < 1.29 is 0 Å². The van der Waals surface area contributed by atoms with Gasteiger partial charge in [0.15, 0.2) is 0 Å². The lowest BCUT2D eigenvalue weighted by Crippen LogP contribution is -2.32. The summed E-state index contributed by atoms with van der Waals surface area (Å²) in [6.45, 7) is 4.58. The molecule has 0 heterocycles. The standard InChI is InChI=1S/C17H28N2/c1-15(14-16-8-6-9-16)18-12-7-13-19(2)17-10-4-3-5-11-17/h3-5,10-11,15-16,18H,6-9,12-14H2,1-2H3. The molecule has 0 bridgehead atoms. The van der Waals surface area contributed by atoms with Gasteiger partial charge in [0.2, 0.25) is 0 Å². The van der Waals surface area contributed by atoms with E-state index in [1.807, 2.05) is 0 Å². The first-order chi connectivity index (χ1) is 9.25. The lowest BCUT2D eigenvalue weighted by atomic mass is 9.81. The minimum Gasteiger partial charge on any atom is -0.375 e. The van der Waals surface area contributed by atoms with Crippen molar-refractivity contribution in [2.75, 3.05) is 25.0 Å². The fraction of sp³-hybridized carbons (Fsp3) is 0.647. The first kappa shape index (κ1) is 14.4. The van der Waals surface area contributed by atoms with Gasteiger partial charge >= 0.3 is 0 Å². The molecule has 1 N–H and O–H groups in total. The van der Waals surface area contributed by atoms with Crippen LogP contribution in [0.25, 0.3) is 0 Å². The zero-order valence-corrected chi connectivity index (χ0v) is 12.4. The number of hydrogen-bond acceptors (Lipinski definition) is 2. The molecule has 1 saturated carbocycles. The molecule has 1 aliphatic carbocycles. The number of benzene rings is 1. The summed E-state index contributed by atoms with van der Waals surface area (Å²) < 4.78 is 0. The molecule has 19 heavy (non-hydrogen) atoms. The molecule has 1 fully saturated rings. The van der Waals surface area contributed by atoms with E-state index in [-0.39, 0.29) is 0 Å². The van der Waals surface area contributed by atoms with Gasteiger partial charge in [0.05, 0.1) is 0 Å². The van der Waals surface area contributed by atoms with Crippen LogP contribution in [0.5, 0.6) is 0 Å². The number of hydrogen-bond donors (Lipinski definition) is 1. The van der Waals surface area contributed by atoms with Gasteiger partial charge in [0.25, 0.3) is 0 Å². The lowest BCUT2D eigenvalue weighted by Gasteiger charge is -2.28. The monoisotopic (exact) mass is 260 g/mol. The Morgan fingerprint density at radius 1 is 1.26 bits per heavy atom. The smallest absolute Gasteiger partial charge is 0.0363 e. The Hall–Kier alpha value is -1.02. The van der Waals surface area contributed by atoms with Gasteiger partial charge in [0, 0.05) is 25.3 Å². The van der Waals surface area contributed by atoms with Gasteiger partial charge in [-0.2, -0.15) is 0 Å². The minimum absolute atomic E-state index is 0.687. The molecular formula is C17H28N2. The zero-order chi connectivity index (χ0) is 13.5. The van der Waals surface area contributed by atoms with Gasteiger partial charge in [-0.15, -0.1) is 0 Å². The maximum absolute atomic E-state index is 3.66. The Kier molecular flexibility index (Phi) is 5.71. The van der Waals surface area contributed by atoms with Gasteiger partial charge in [-0.1, -0.05) is 37.5 Å². The van der Waals surface area contributed by atoms with E-state index in [9.17, 15) is 0 Å². The van der Waals surface area contributed by atoms with Crippen molar-refractivity contribution >= 4 is 5.69 Å². The molecule has 0 spiro atoms. The van der Waals surface area contributed by atoms with Gasteiger partial charge < -0.3 is 10.2 Å². The fourth-order valence-corrected chi connectivity index (χ4v) is 2.79. The number of rotatable bonds is 8. The molecule has 1 aromatic carbocycles. The van der Waals surface area contributed by atoms with Crippen LogP contribution >= 0.6 is 0 Å². The third kappa shape index (κ3) is 4.87. The van der Waals surface area contributed by atoms with Gasteiger partial charge in [-0.25, -0.2) is 0 Å². The maximum atomic E-state index is 3.66. The second-order valence-electron chi connectivity index (χ2n) is 6.00. The number of nitrogens with one attached hydrogen (secondary N) is 1. The van der Waals surface area contributed by atoms with Crippen molar-refractivity contribution in [3.63, 3.8) is 0 Å². The number of nitrogens with zero attached hydrogens (tertiary/aromatic N) is 1. The van der Waals surface area contributed by atoms with E-state index in [0.29, 0.717) is 6.04 Å². The Morgan fingerprint density at radius 2 is 2.00 bits per heavy atom. The molecule has 1 unspecified atom stereocenters. The molecule has 0 amide bonds. The predicted octanol–water partition coefficient (Wildman–Crippen LogP) is 3.68. The maximum Gasteiger partial charge on any atom is 0.0363 e. The second-order valence-corrected chi connectivity index (χ2v) is 6.00. The molecule has 1 aliphatic rings. The summed E-state index contributed by atoms with van der Waals surface area (Å²) in [5, 5.41) is 3.66. The minimum atomic E-state index is 0.687. The van der Waals surface area contributed by atoms with Crippen LogP contribution in [-0.4, -0.2) is 26.2 Å². The van der Waals surface area contributed by atoms with Crippen LogP contribution in [0.4, 0.5) is 5.69 Å². The molecule has 2 nitrogen and oxygen atoms in total. The molecule has 1 aromatic rings. The lowest BCUT2D eigenvalue weighted by molar-refractivity contribution is 0.266. The van der Waals surface area contributed by atoms with Crippen molar-refractivity contribution in [2.45, 2.75) is 45.1 Å². The third-order valence-corrected chi connectivity index (χ3v) is 4.27. The molecule has 0 radical (unpaired) electrons. The first-order valence-corrected chi connectivity index (χ1v) is 7.75. The van der Waals surface area contributed by atoms with E-state index in [0.717, 1.165) is 19.0 Å². The zero-order valence-electron chi connectivity index (χ0n) is 12.4. The highest BCUT2D eigenvalue weighted by Gasteiger charge is 2.19. The van der Waals surface area contributed by atoms with Gasteiger partial charge in [-0.05, 0) is 44.4 Å². The SMILES string of the molecule is CC(CC1CCC1)NCCCN(C)c1ccccc1. The Morgan fingerprint density at radius 3 is 2.63 bits per heavy atom. The van der Waals surface area contributed by atoms with Crippen molar-refractivity contribution in [1.29, 1.82) is 0 Å². The molecular weight excluding hydrogens is 232 g/mol. The molecule has 106 valence electrons. The van der Waals surface area contributed by atoms with E-state index in [4.69, 9.17) is 0 Å². The summed E-state index contributed by atoms with van der Waals surface area (Å²) in [7, 11) is 2.17. The summed E-state index contributed by atoms with van der Waals surface area (Å²) >= 11 is 0. The highest BCUT2D eigenvalue weighted by molar-refractivity contribution is 5.44. The van der Waals surface area contributed by atoms with E-state index < -0.39 is 0 Å². The average Bonchev–Trinajstić information content (AvgIpc) is 2.40. The first-order valence-electron chi connectivity index (χ1n) is 7.75. The third-order valence-electron chi connectivity index (χ3n) is 4.27. The van der Waals surface area contributed by atoms with Crippen LogP contribution in [0.2, 0.25) is 0 Å². The largest absolute Gasteiger partial charge is 0.375 e. The molecule has 1 atom stereocenters. The predicted molar refractivity (Wildman–Crippen MR) is 83.8 cm³/mol. The summed E-state index contributed by atoms with van der Waals surface area (Å²) in [6, 6.07) is 11.3. The summed E-state index contributed by atoms with van der Waals surface area (Å²) in [5.74, 6) is 1.01. The van der Waals surface area contributed by atoms with E-state index in [2.05, 4.69) is 54.5 Å². The van der Waals surface area contributed by atoms with Crippen molar-refractivity contribution in [2.24, 2.45) is 5.92 Å². The number of para-hydroxylation sites is 1. The van der Waals surface area contributed by atoms with Crippen LogP contribution in [0.15, 0.2) is 30.3 Å². The van der Waals surface area contributed by atoms with Crippen molar-refractivity contribution in [3.05, 3.63) is 30.3 Å². The Bertz CT molecular complexity index is 346. The Balaban J connectivity index is 1.56.